The van der Waals surface area contributed by atoms with Gasteiger partial charge in [0.1, 0.15) is 24.7 Å². The highest BCUT2D eigenvalue weighted by Gasteiger charge is 2.34. The number of hydrogen-bond donors (Lipinski definition) is 0. The van der Waals surface area contributed by atoms with E-state index >= 15 is 0 Å². The van der Waals surface area contributed by atoms with Crippen LogP contribution >= 0.6 is 22.9 Å². The van der Waals surface area contributed by atoms with Gasteiger partial charge in [-0.15, -0.1) is 11.3 Å². The number of fused-ring (bicyclic) bond motifs is 1. The highest BCUT2D eigenvalue weighted by molar-refractivity contribution is 7.10. The summed E-state index contributed by atoms with van der Waals surface area (Å²) in [5.41, 5.74) is 1.47. The van der Waals surface area contributed by atoms with Gasteiger partial charge in [-0.05, 0) is 66.6 Å². The van der Waals surface area contributed by atoms with Crippen LogP contribution in [0.4, 0.5) is 4.39 Å². The summed E-state index contributed by atoms with van der Waals surface area (Å²) < 4.78 is 25.4. The second kappa shape index (κ2) is 11.6. The molecule has 0 radical (unpaired) electrons. The third-order valence-electron chi connectivity index (χ3n) is 6.75. The van der Waals surface area contributed by atoms with E-state index in [-0.39, 0.29) is 42.9 Å². The minimum atomic E-state index is -0.380. The fourth-order valence-electron chi connectivity index (χ4n) is 4.92. The van der Waals surface area contributed by atoms with Gasteiger partial charge in [0.25, 0.3) is 5.91 Å². The maximum atomic E-state index is 13.7. The van der Waals surface area contributed by atoms with Crippen LogP contribution in [0, 0.1) is 5.82 Å². The largest absolute Gasteiger partial charge is 0.491 e. The zero-order valence-electron chi connectivity index (χ0n) is 20.3. The fourth-order valence-corrected chi connectivity index (χ4v) is 6.04. The standard InChI is InChI=1S/C28H28ClFN2O4S/c29-20-5-1-4-19(14-20)28(34)31(16-23-8-3-12-35-23)17-27(33)32-11-9-26-24(10-13-37-26)25(32)18-36-22-7-2-6-21(30)15-22/h1-2,4-7,10,13-15,23,25H,3,8-9,11-12,16-18H2/t23-,25+/m0/s1. The summed E-state index contributed by atoms with van der Waals surface area (Å²) in [4.78, 5) is 31.8. The lowest BCUT2D eigenvalue weighted by Crippen LogP contribution is -2.49. The second-order valence-corrected chi connectivity index (χ2v) is 10.7. The Labute approximate surface area is 224 Å². The van der Waals surface area contributed by atoms with E-state index < -0.39 is 0 Å². The predicted octanol–water partition coefficient (Wildman–Crippen LogP) is 5.37. The summed E-state index contributed by atoms with van der Waals surface area (Å²) in [5.74, 6) is -0.397. The van der Waals surface area contributed by atoms with Crippen LogP contribution in [0.2, 0.25) is 5.02 Å². The molecule has 194 valence electrons. The second-order valence-electron chi connectivity index (χ2n) is 9.25. The van der Waals surface area contributed by atoms with Crippen molar-refractivity contribution in [2.75, 3.05) is 32.8 Å². The van der Waals surface area contributed by atoms with E-state index in [4.69, 9.17) is 21.1 Å². The Bertz CT molecular complexity index is 1260. The van der Waals surface area contributed by atoms with Crippen LogP contribution in [0.1, 0.15) is 39.7 Å². The number of carbonyl (C=O) groups excluding carboxylic acids is 2. The molecule has 2 aliphatic rings. The molecule has 0 unspecified atom stereocenters. The van der Waals surface area contributed by atoms with Gasteiger partial charge in [-0.1, -0.05) is 23.7 Å². The maximum Gasteiger partial charge on any atom is 0.254 e. The molecule has 0 spiro atoms. The number of hydrogen-bond acceptors (Lipinski definition) is 5. The number of halogens is 2. The lowest BCUT2D eigenvalue weighted by molar-refractivity contribution is -0.135. The van der Waals surface area contributed by atoms with Gasteiger partial charge in [0.15, 0.2) is 0 Å². The highest BCUT2D eigenvalue weighted by atomic mass is 35.5. The smallest absolute Gasteiger partial charge is 0.254 e. The molecular formula is C28H28ClFN2O4S. The molecule has 1 aromatic heterocycles. The van der Waals surface area contributed by atoms with E-state index in [0.29, 0.717) is 36.0 Å². The SMILES string of the molecule is O=C(c1cccc(Cl)c1)N(CC(=O)N1CCc2sccc2[C@H]1COc1cccc(F)c1)C[C@@H]1CCCO1. The van der Waals surface area contributed by atoms with E-state index in [1.54, 1.807) is 57.5 Å². The first-order chi connectivity index (χ1) is 18.0. The third-order valence-corrected chi connectivity index (χ3v) is 7.98. The lowest BCUT2D eigenvalue weighted by Gasteiger charge is -2.37. The number of benzene rings is 2. The lowest BCUT2D eigenvalue weighted by atomic mass is 10.00. The Morgan fingerprint density at radius 3 is 2.84 bits per heavy atom. The van der Waals surface area contributed by atoms with Crippen LogP contribution in [0.5, 0.6) is 5.75 Å². The van der Waals surface area contributed by atoms with Crippen molar-refractivity contribution in [2.24, 2.45) is 0 Å². The normalized spacial score (nSPS) is 18.9. The quantitative estimate of drug-likeness (QED) is 0.384. The maximum absolute atomic E-state index is 13.7. The van der Waals surface area contributed by atoms with Crippen LogP contribution in [-0.4, -0.2) is 60.6 Å². The molecule has 3 aromatic rings. The zero-order chi connectivity index (χ0) is 25.8. The number of thiophene rings is 1. The van der Waals surface area contributed by atoms with Gasteiger partial charge in [0, 0.05) is 41.2 Å². The van der Waals surface area contributed by atoms with Crippen molar-refractivity contribution in [1.82, 2.24) is 9.80 Å². The van der Waals surface area contributed by atoms with Crippen LogP contribution in [0.25, 0.3) is 0 Å². The molecule has 0 bridgehead atoms. The number of ether oxygens (including phenoxy) is 2. The summed E-state index contributed by atoms with van der Waals surface area (Å²) in [7, 11) is 0. The van der Waals surface area contributed by atoms with Crippen molar-refractivity contribution < 1.29 is 23.5 Å². The van der Waals surface area contributed by atoms with Crippen molar-refractivity contribution in [3.05, 3.63) is 86.8 Å². The minimum Gasteiger partial charge on any atom is -0.491 e. The summed E-state index contributed by atoms with van der Waals surface area (Å²) in [6.07, 6.45) is 2.42. The zero-order valence-corrected chi connectivity index (χ0v) is 21.8. The van der Waals surface area contributed by atoms with Gasteiger partial charge in [0.2, 0.25) is 5.91 Å². The van der Waals surface area contributed by atoms with Crippen molar-refractivity contribution in [3.8, 4) is 5.75 Å². The molecular weight excluding hydrogens is 515 g/mol. The Morgan fingerprint density at radius 1 is 1.19 bits per heavy atom. The Hall–Kier alpha value is -2.94. The van der Waals surface area contributed by atoms with Crippen molar-refractivity contribution in [1.29, 1.82) is 0 Å². The summed E-state index contributed by atoms with van der Waals surface area (Å²) in [5, 5.41) is 2.48. The average molecular weight is 543 g/mol. The Morgan fingerprint density at radius 2 is 2.05 bits per heavy atom. The molecule has 2 aliphatic heterocycles. The summed E-state index contributed by atoms with van der Waals surface area (Å²) >= 11 is 7.79. The molecule has 0 aliphatic carbocycles. The molecule has 3 heterocycles. The third kappa shape index (κ3) is 6.14. The molecule has 2 aromatic carbocycles. The molecule has 2 atom stereocenters. The van der Waals surface area contributed by atoms with E-state index in [1.165, 1.54) is 17.0 Å². The molecule has 1 saturated heterocycles. The molecule has 5 rings (SSSR count). The van der Waals surface area contributed by atoms with Gasteiger partial charge in [0.05, 0.1) is 12.1 Å². The molecule has 6 nitrogen and oxygen atoms in total. The van der Waals surface area contributed by atoms with E-state index in [9.17, 15) is 14.0 Å². The van der Waals surface area contributed by atoms with Crippen molar-refractivity contribution in [2.45, 2.75) is 31.4 Å². The molecule has 37 heavy (non-hydrogen) atoms. The topological polar surface area (TPSA) is 59.1 Å². The average Bonchev–Trinajstić information content (AvgIpc) is 3.58. The summed E-state index contributed by atoms with van der Waals surface area (Å²) in [6, 6.07) is 14.4. The van der Waals surface area contributed by atoms with Gasteiger partial charge in [-0.3, -0.25) is 9.59 Å². The van der Waals surface area contributed by atoms with Crippen molar-refractivity contribution >= 4 is 34.8 Å². The minimum absolute atomic E-state index is 0.0822. The number of carbonyl (C=O) groups is 2. The first-order valence-electron chi connectivity index (χ1n) is 12.4. The number of rotatable bonds is 8. The number of nitrogens with zero attached hydrogens (tertiary/aromatic N) is 2. The first kappa shape index (κ1) is 25.7. The van der Waals surface area contributed by atoms with E-state index in [2.05, 4.69) is 0 Å². The number of amides is 2. The van der Waals surface area contributed by atoms with Crippen LogP contribution < -0.4 is 4.74 Å². The van der Waals surface area contributed by atoms with Gasteiger partial charge >= 0.3 is 0 Å². The predicted molar refractivity (Wildman–Crippen MR) is 141 cm³/mol. The molecule has 1 fully saturated rings. The Balaban J connectivity index is 1.36. The van der Waals surface area contributed by atoms with Gasteiger partial charge in [-0.25, -0.2) is 4.39 Å². The van der Waals surface area contributed by atoms with Gasteiger partial charge in [-0.2, -0.15) is 0 Å². The highest BCUT2D eigenvalue weighted by Crippen LogP contribution is 2.34. The fraction of sp³-hybridized carbons (Fsp3) is 0.357. The van der Waals surface area contributed by atoms with E-state index in [0.717, 1.165) is 24.8 Å². The first-order valence-corrected chi connectivity index (χ1v) is 13.6. The summed E-state index contributed by atoms with van der Waals surface area (Å²) in [6.45, 7) is 1.61. The molecule has 0 saturated carbocycles. The molecule has 2 amide bonds. The van der Waals surface area contributed by atoms with Crippen LogP contribution in [0.15, 0.2) is 60.0 Å². The van der Waals surface area contributed by atoms with Gasteiger partial charge < -0.3 is 19.3 Å². The molecule has 0 N–H and O–H groups in total. The van der Waals surface area contributed by atoms with Crippen molar-refractivity contribution in [3.63, 3.8) is 0 Å². The monoisotopic (exact) mass is 542 g/mol. The van der Waals surface area contributed by atoms with E-state index in [1.807, 2.05) is 11.4 Å². The molecule has 9 heteroatoms. The van der Waals surface area contributed by atoms with Crippen LogP contribution in [0.3, 0.4) is 0 Å². The van der Waals surface area contributed by atoms with Crippen LogP contribution in [-0.2, 0) is 16.0 Å². The Kier molecular flexibility index (Phi) is 8.08.